The van der Waals surface area contributed by atoms with Gasteiger partial charge < -0.3 is 0 Å². The highest BCUT2D eigenvalue weighted by Gasteiger charge is 2.14. The highest BCUT2D eigenvalue weighted by Crippen LogP contribution is 2.23. The minimum Gasteiger partial charge on any atom is -0.284 e. The Morgan fingerprint density at radius 1 is 0.659 bits per heavy atom. The molecule has 0 radical (unpaired) electrons. The van der Waals surface area contributed by atoms with E-state index in [-0.39, 0.29) is 5.92 Å². The van der Waals surface area contributed by atoms with Crippen LogP contribution in [0.15, 0.2) is 166 Å². The lowest BCUT2D eigenvalue weighted by atomic mass is 9.93. The van der Waals surface area contributed by atoms with E-state index in [1.165, 1.54) is 5.46 Å². The van der Waals surface area contributed by atoms with E-state index in [0.717, 1.165) is 44.7 Å². The van der Waals surface area contributed by atoms with E-state index < -0.39 is 0 Å². The molecule has 1 unspecified atom stereocenters. The van der Waals surface area contributed by atoms with E-state index in [9.17, 15) is 0 Å². The number of hydrogen-bond acceptors (Lipinski definition) is 2. The molecule has 4 nitrogen and oxygen atoms in total. The predicted molar refractivity (Wildman–Crippen MR) is 190 cm³/mol. The SMILES string of the molecule is Bc1ccc(C2=NCC(C/N=C(\N=C(/N=C)c3cccc(-c4ccccc4)c3)c3cccc(-c4ccccc4)c3)C=C2)cc1. The quantitative estimate of drug-likeness (QED) is 0.117. The minimum atomic E-state index is 0.174. The summed E-state index contributed by atoms with van der Waals surface area (Å²) < 4.78 is 0. The van der Waals surface area contributed by atoms with Crippen LogP contribution in [0.4, 0.5) is 0 Å². The molecule has 0 saturated carbocycles. The smallest absolute Gasteiger partial charge is 0.161 e. The molecule has 0 amide bonds. The molecule has 5 aromatic carbocycles. The van der Waals surface area contributed by atoms with Gasteiger partial charge in [0, 0.05) is 30.1 Å². The molecule has 1 atom stereocenters. The average molecular weight is 569 g/mol. The van der Waals surface area contributed by atoms with Gasteiger partial charge in [0.15, 0.2) is 11.7 Å². The maximum Gasteiger partial charge on any atom is 0.161 e. The molecule has 0 saturated heterocycles. The normalized spacial score (nSPS) is 15.1. The highest BCUT2D eigenvalue weighted by atomic mass is 15.0. The summed E-state index contributed by atoms with van der Waals surface area (Å²) >= 11 is 0. The number of amidine groups is 2. The second kappa shape index (κ2) is 13.7. The molecule has 0 N–H and O–H groups in total. The van der Waals surface area contributed by atoms with E-state index in [1.54, 1.807) is 0 Å². The summed E-state index contributed by atoms with van der Waals surface area (Å²) in [4.78, 5) is 19.4. The molecule has 0 aromatic heterocycles. The van der Waals surface area contributed by atoms with Crippen molar-refractivity contribution in [1.82, 2.24) is 0 Å². The Bertz CT molecular complexity index is 1870. The van der Waals surface area contributed by atoms with Crippen LogP contribution in [0.2, 0.25) is 0 Å². The van der Waals surface area contributed by atoms with E-state index in [0.29, 0.717) is 24.8 Å². The van der Waals surface area contributed by atoms with Crippen molar-refractivity contribution in [3.8, 4) is 22.3 Å². The Labute approximate surface area is 260 Å². The summed E-state index contributed by atoms with van der Waals surface area (Å²) in [6.45, 7) is 5.12. The van der Waals surface area contributed by atoms with Gasteiger partial charge in [-0.15, -0.1) is 0 Å². The van der Waals surface area contributed by atoms with Gasteiger partial charge in [0.05, 0.1) is 5.71 Å². The molecule has 44 heavy (non-hydrogen) atoms. The number of dihydropyridines is 1. The number of benzene rings is 5. The monoisotopic (exact) mass is 568 g/mol. The molecule has 1 aliphatic heterocycles. The molecule has 0 aliphatic carbocycles. The third-order valence-corrected chi connectivity index (χ3v) is 7.66. The fourth-order valence-electron chi connectivity index (χ4n) is 5.21. The number of hydrogen-bond donors (Lipinski definition) is 0. The van der Waals surface area contributed by atoms with Crippen molar-refractivity contribution in [2.45, 2.75) is 0 Å². The van der Waals surface area contributed by atoms with Gasteiger partial charge in [-0.1, -0.05) is 133 Å². The van der Waals surface area contributed by atoms with E-state index in [2.05, 4.69) is 129 Å². The first-order valence-electron chi connectivity index (χ1n) is 14.9. The van der Waals surface area contributed by atoms with Gasteiger partial charge in [0.25, 0.3) is 0 Å². The summed E-state index contributed by atoms with van der Waals surface area (Å²) in [6.07, 6.45) is 4.32. The Hall–Kier alpha value is -5.42. The number of aliphatic imine (C=N–C) groups is 4. The van der Waals surface area contributed by atoms with E-state index in [4.69, 9.17) is 15.0 Å². The lowest BCUT2D eigenvalue weighted by Crippen LogP contribution is -2.15. The zero-order chi connectivity index (χ0) is 30.1. The summed E-state index contributed by atoms with van der Waals surface area (Å²) in [5.41, 5.74) is 9.68. The van der Waals surface area contributed by atoms with Gasteiger partial charge in [-0.25, -0.2) is 9.98 Å². The summed E-state index contributed by atoms with van der Waals surface area (Å²) in [7, 11) is 2.10. The number of nitrogens with zero attached hydrogens (tertiary/aromatic N) is 4. The molecular formula is C39H33BN4. The first-order valence-corrected chi connectivity index (χ1v) is 14.9. The van der Waals surface area contributed by atoms with Gasteiger partial charge in [-0.05, 0) is 52.7 Å². The van der Waals surface area contributed by atoms with Crippen molar-refractivity contribution in [1.29, 1.82) is 0 Å². The summed E-state index contributed by atoms with van der Waals surface area (Å²) in [6, 6.07) is 45.8. The molecule has 1 aliphatic rings. The van der Waals surface area contributed by atoms with Crippen LogP contribution < -0.4 is 5.46 Å². The largest absolute Gasteiger partial charge is 0.284 e. The third kappa shape index (κ3) is 6.96. The lowest BCUT2D eigenvalue weighted by Gasteiger charge is -2.15. The van der Waals surface area contributed by atoms with Crippen molar-refractivity contribution < 1.29 is 0 Å². The van der Waals surface area contributed by atoms with Crippen molar-refractivity contribution in [3.05, 3.63) is 162 Å². The zero-order valence-electron chi connectivity index (χ0n) is 24.8. The fraction of sp³-hybridized carbons (Fsp3) is 0.0769. The van der Waals surface area contributed by atoms with Crippen LogP contribution in [-0.4, -0.2) is 45.0 Å². The van der Waals surface area contributed by atoms with Gasteiger partial charge in [0.2, 0.25) is 0 Å². The van der Waals surface area contributed by atoms with Crippen LogP contribution in [-0.2, 0) is 0 Å². The Morgan fingerprint density at radius 2 is 1.23 bits per heavy atom. The topological polar surface area (TPSA) is 49.4 Å². The van der Waals surface area contributed by atoms with Crippen molar-refractivity contribution in [2.24, 2.45) is 25.9 Å². The van der Waals surface area contributed by atoms with Crippen LogP contribution in [0.1, 0.15) is 16.7 Å². The van der Waals surface area contributed by atoms with Crippen molar-refractivity contribution in [3.63, 3.8) is 0 Å². The van der Waals surface area contributed by atoms with E-state index in [1.807, 2.05) is 36.4 Å². The van der Waals surface area contributed by atoms with Gasteiger partial charge in [-0.2, -0.15) is 0 Å². The van der Waals surface area contributed by atoms with Gasteiger partial charge in [0.1, 0.15) is 7.85 Å². The summed E-state index contributed by atoms with van der Waals surface area (Å²) in [5, 5.41) is 0. The van der Waals surface area contributed by atoms with Crippen molar-refractivity contribution >= 4 is 37.4 Å². The Morgan fingerprint density at radius 3 is 1.77 bits per heavy atom. The van der Waals surface area contributed by atoms with E-state index >= 15 is 0 Å². The number of rotatable bonds is 7. The molecule has 0 bridgehead atoms. The minimum absolute atomic E-state index is 0.174. The van der Waals surface area contributed by atoms with Gasteiger partial charge >= 0.3 is 0 Å². The van der Waals surface area contributed by atoms with Crippen LogP contribution in [0.3, 0.4) is 0 Å². The first-order chi connectivity index (χ1) is 21.7. The van der Waals surface area contributed by atoms with Crippen LogP contribution in [0.5, 0.6) is 0 Å². The molecule has 5 aromatic rings. The molecule has 0 spiro atoms. The Balaban J connectivity index is 1.33. The standard InChI is InChI=1S/C39H33BN4/c1-41-38(34-16-8-14-32(24-34)29-10-4-2-5-11-29)44-39(35-17-9-15-33(25-35)30-12-6-3-7-13-30)43-27-28-18-23-37(42-26-28)31-19-21-36(40)22-20-31/h2-25,28H,1,26-27,40H2/b43-39-,44-38-. The van der Waals surface area contributed by atoms with Crippen molar-refractivity contribution in [2.75, 3.05) is 13.1 Å². The van der Waals surface area contributed by atoms with Crippen LogP contribution in [0, 0.1) is 5.92 Å². The molecule has 1 heterocycles. The second-order valence-electron chi connectivity index (χ2n) is 10.9. The lowest BCUT2D eigenvalue weighted by molar-refractivity contribution is 0.672. The molecule has 6 rings (SSSR count). The highest BCUT2D eigenvalue weighted by molar-refractivity contribution is 6.32. The average Bonchev–Trinajstić information content (AvgIpc) is 3.10. The van der Waals surface area contributed by atoms with Crippen LogP contribution >= 0.6 is 0 Å². The second-order valence-corrected chi connectivity index (χ2v) is 10.9. The third-order valence-electron chi connectivity index (χ3n) is 7.66. The Kier molecular flexibility index (Phi) is 8.94. The molecular weight excluding hydrogens is 535 g/mol. The molecule has 212 valence electrons. The maximum atomic E-state index is 5.08. The van der Waals surface area contributed by atoms with Gasteiger partial charge in [-0.3, -0.25) is 9.98 Å². The molecule has 5 heteroatoms. The fourth-order valence-corrected chi connectivity index (χ4v) is 5.21. The first kappa shape index (κ1) is 28.7. The molecule has 0 fully saturated rings. The maximum absolute atomic E-state index is 5.08. The van der Waals surface area contributed by atoms with Crippen LogP contribution in [0.25, 0.3) is 22.3 Å². The summed E-state index contributed by atoms with van der Waals surface area (Å²) in [5.74, 6) is 1.33. The zero-order valence-corrected chi connectivity index (χ0v) is 24.8. The number of allylic oxidation sites excluding steroid dienone is 1. The predicted octanol–water partition coefficient (Wildman–Crippen LogP) is 6.85.